The van der Waals surface area contributed by atoms with Crippen molar-refractivity contribution in [3.63, 3.8) is 0 Å². The minimum absolute atomic E-state index is 0.0809. The topological polar surface area (TPSA) is 59.2 Å². The zero-order valence-electron chi connectivity index (χ0n) is 14.2. The summed E-state index contributed by atoms with van der Waals surface area (Å²) in [5, 5.41) is 0. The van der Waals surface area contributed by atoms with E-state index in [0.717, 1.165) is 25.3 Å². The lowest BCUT2D eigenvalue weighted by Gasteiger charge is -2.20. The van der Waals surface area contributed by atoms with Crippen molar-refractivity contribution in [2.75, 3.05) is 13.1 Å². The summed E-state index contributed by atoms with van der Waals surface area (Å²) in [6.07, 6.45) is -1.93. The largest absolute Gasteiger partial charge is 0.433 e. The quantitative estimate of drug-likeness (QED) is 0.885. The second kappa shape index (κ2) is 7.45. The van der Waals surface area contributed by atoms with E-state index in [4.69, 9.17) is 5.73 Å². The normalized spacial score (nSPS) is 18.5. The van der Waals surface area contributed by atoms with Crippen LogP contribution in [0.3, 0.4) is 0 Å². The third kappa shape index (κ3) is 4.22. The minimum Gasteiger partial charge on any atom is -0.339 e. The van der Waals surface area contributed by atoms with Gasteiger partial charge in [-0.25, -0.2) is 4.98 Å². The van der Waals surface area contributed by atoms with E-state index >= 15 is 0 Å². The maximum absolute atomic E-state index is 12.8. The standard InChI is InChI=1S/C19H20F3N3O/c20-19(21,22)17-5-1-4-16(24-17)13-6-8-14(9-7-13)18(26)25-11-2-3-15(23)10-12-25/h1,4-9,15H,2-3,10-12,23H2/t15-/m1/s1. The van der Waals surface area contributed by atoms with Gasteiger partial charge >= 0.3 is 6.18 Å². The lowest BCUT2D eigenvalue weighted by Crippen LogP contribution is -2.32. The highest BCUT2D eigenvalue weighted by Crippen LogP contribution is 2.29. The Morgan fingerprint density at radius 1 is 1.08 bits per heavy atom. The van der Waals surface area contributed by atoms with Crippen LogP contribution in [0.1, 0.15) is 35.3 Å². The van der Waals surface area contributed by atoms with E-state index in [-0.39, 0.29) is 17.6 Å². The van der Waals surface area contributed by atoms with Crippen molar-refractivity contribution >= 4 is 5.91 Å². The third-order valence-electron chi connectivity index (χ3n) is 4.53. The Bertz CT molecular complexity index is 774. The molecule has 0 unspecified atom stereocenters. The highest BCUT2D eigenvalue weighted by molar-refractivity contribution is 5.94. The number of aromatic nitrogens is 1. The lowest BCUT2D eigenvalue weighted by molar-refractivity contribution is -0.141. The molecule has 1 amide bonds. The Morgan fingerprint density at radius 3 is 2.50 bits per heavy atom. The summed E-state index contributed by atoms with van der Waals surface area (Å²) < 4.78 is 38.4. The molecular formula is C19H20F3N3O. The van der Waals surface area contributed by atoms with E-state index in [1.807, 2.05) is 0 Å². The van der Waals surface area contributed by atoms with Crippen LogP contribution in [0.2, 0.25) is 0 Å². The fraction of sp³-hybridized carbons (Fsp3) is 0.368. The molecule has 4 nitrogen and oxygen atoms in total. The summed E-state index contributed by atoms with van der Waals surface area (Å²) in [6, 6.07) is 10.4. The van der Waals surface area contributed by atoms with Gasteiger partial charge in [0.1, 0.15) is 5.69 Å². The second-order valence-electron chi connectivity index (χ2n) is 6.47. The molecule has 1 aromatic heterocycles. The Labute approximate surface area is 149 Å². The van der Waals surface area contributed by atoms with Crippen LogP contribution in [0.25, 0.3) is 11.3 Å². The molecule has 0 saturated carbocycles. The van der Waals surface area contributed by atoms with Gasteiger partial charge in [-0.15, -0.1) is 0 Å². The van der Waals surface area contributed by atoms with Gasteiger partial charge < -0.3 is 10.6 Å². The van der Waals surface area contributed by atoms with Gasteiger partial charge in [0.2, 0.25) is 0 Å². The van der Waals surface area contributed by atoms with Gasteiger partial charge in [0.25, 0.3) is 5.91 Å². The smallest absolute Gasteiger partial charge is 0.339 e. The zero-order chi connectivity index (χ0) is 18.7. The number of nitrogens with zero attached hydrogens (tertiary/aromatic N) is 2. The van der Waals surface area contributed by atoms with Crippen molar-refractivity contribution in [1.29, 1.82) is 0 Å². The van der Waals surface area contributed by atoms with Crippen molar-refractivity contribution in [1.82, 2.24) is 9.88 Å². The highest BCUT2D eigenvalue weighted by atomic mass is 19.4. The molecule has 1 aromatic carbocycles. The fourth-order valence-corrected chi connectivity index (χ4v) is 3.04. The van der Waals surface area contributed by atoms with E-state index in [1.165, 1.54) is 12.1 Å². The molecule has 26 heavy (non-hydrogen) atoms. The zero-order valence-corrected chi connectivity index (χ0v) is 14.2. The first-order chi connectivity index (χ1) is 12.3. The molecule has 1 aliphatic heterocycles. The van der Waals surface area contributed by atoms with Crippen molar-refractivity contribution in [3.8, 4) is 11.3 Å². The molecule has 0 aliphatic carbocycles. The van der Waals surface area contributed by atoms with Crippen LogP contribution in [0.5, 0.6) is 0 Å². The van der Waals surface area contributed by atoms with Gasteiger partial charge in [-0.05, 0) is 43.5 Å². The average Bonchev–Trinajstić information content (AvgIpc) is 2.85. The molecule has 2 N–H and O–H groups in total. The molecule has 2 aromatic rings. The first-order valence-corrected chi connectivity index (χ1v) is 8.54. The number of hydrogen-bond donors (Lipinski definition) is 1. The van der Waals surface area contributed by atoms with Crippen LogP contribution in [0, 0.1) is 0 Å². The Kier molecular flexibility index (Phi) is 5.27. The Balaban J connectivity index is 1.77. The van der Waals surface area contributed by atoms with Gasteiger partial charge in [-0.2, -0.15) is 13.2 Å². The summed E-state index contributed by atoms with van der Waals surface area (Å²) in [7, 11) is 0. The molecule has 1 aliphatic rings. The molecule has 1 fully saturated rings. The predicted molar refractivity (Wildman–Crippen MR) is 92.4 cm³/mol. The highest BCUT2D eigenvalue weighted by Gasteiger charge is 2.32. The van der Waals surface area contributed by atoms with Crippen molar-refractivity contribution in [3.05, 3.63) is 53.7 Å². The number of carbonyl (C=O) groups is 1. The number of alkyl halides is 3. The summed E-state index contributed by atoms with van der Waals surface area (Å²) >= 11 is 0. The van der Waals surface area contributed by atoms with E-state index in [2.05, 4.69) is 4.98 Å². The molecular weight excluding hydrogens is 343 g/mol. The van der Waals surface area contributed by atoms with E-state index < -0.39 is 11.9 Å². The molecule has 0 spiro atoms. The first kappa shape index (κ1) is 18.4. The van der Waals surface area contributed by atoms with E-state index in [1.54, 1.807) is 29.2 Å². The number of rotatable bonds is 2. The molecule has 3 rings (SSSR count). The third-order valence-corrected chi connectivity index (χ3v) is 4.53. The van der Waals surface area contributed by atoms with Crippen LogP contribution in [0.4, 0.5) is 13.2 Å². The average molecular weight is 363 g/mol. The SMILES string of the molecule is N[C@@H]1CCCN(C(=O)c2ccc(-c3cccc(C(F)(F)F)n3)cc2)CC1. The van der Waals surface area contributed by atoms with E-state index in [9.17, 15) is 18.0 Å². The summed E-state index contributed by atoms with van der Waals surface area (Å²) in [5.74, 6) is -0.0809. The first-order valence-electron chi connectivity index (χ1n) is 8.54. The van der Waals surface area contributed by atoms with Gasteiger partial charge in [0.05, 0.1) is 5.69 Å². The maximum atomic E-state index is 12.8. The summed E-state index contributed by atoms with van der Waals surface area (Å²) in [4.78, 5) is 18.1. The number of nitrogens with two attached hydrogens (primary N) is 1. The Hall–Kier alpha value is -2.41. The summed E-state index contributed by atoms with van der Waals surface area (Å²) in [6.45, 7) is 1.29. The Morgan fingerprint density at radius 2 is 1.81 bits per heavy atom. The number of likely N-dealkylation sites (tertiary alicyclic amines) is 1. The number of benzene rings is 1. The second-order valence-corrected chi connectivity index (χ2v) is 6.47. The predicted octanol–water partition coefficient (Wildman–Crippen LogP) is 3.72. The van der Waals surface area contributed by atoms with Crippen molar-refractivity contribution < 1.29 is 18.0 Å². The fourth-order valence-electron chi connectivity index (χ4n) is 3.04. The van der Waals surface area contributed by atoms with E-state index in [0.29, 0.717) is 24.2 Å². The van der Waals surface area contributed by atoms with Crippen LogP contribution in [-0.4, -0.2) is 34.9 Å². The molecule has 138 valence electrons. The van der Waals surface area contributed by atoms with Gasteiger partial charge in [-0.3, -0.25) is 4.79 Å². The lowest BCUT2D eigenvalue weighted by atomic mass is 10.1. The number of amides is 1. The molecule has 2 heterocycles. The monoisotopic (exact) mass is 363 g/mol. The van der Waals surface area contributed by atoms with Crippen LogP contribution < -0.4 is 5.73 Å². The number of halogens is 3. The molecule has 7 heteroatoms. The van der Waals surface area contributed by atoms with Crippen LogP contribution >= 0.6 is 0 Å². The number of pyridine rings is 1. The minimum atomic E-state index is -4.49. The summed E-state index contributed by atoms with van der Waals surface area (Å²) in [5.41, 5.74) is 6.27. The number of hydrogen-bond acceptors (Lipinski definition) is 3. The van der Waals surface area contributed by atoms with Gasteiger partial charge in [0.15, 0.2) is 0 Å². The van der Waals surface area contributed by atoms with Gasteiger partial charge in [0, 0.05) is 30.3 Å². The van der Waals surface area contributed by atoms with Gasteiger partial charge in [-0.1, -0.05) is 18.2 Å². The molecule has 0 bridgehead atoms. The number of carbonyl (C=O) groups excluding carboxylic acids is 1. The molecule has 0 radical (unpaired) electrons. The van der Waals surface area contributed by atoms with Crippen LogP contribution in [0.15, 0.2) is 42.5 Å². The maximum Gasteiger partial charge on any atom is 0.433 e. The van der Waals surface area contributed by atoms with Crippen molar-refractivity contribution in [2.24, 2.45) is 5.73 Å². The molecule has 1 saturated heterocycles. The van der Waals surface area contributed by atoms with Crippen molar-refractivity contribution in [2.45, 2.75) is 31.5 Å². The van der Waals surface area contributed by atoms with Crippen LogP contribution in [-0.2, 0) is 6.18 Å². The molecule has 1 atom stereocenters.